The Morgan fingerprint density at radius 1 is 1.44 bits per heavy atom. The number of fused-ring (bicyclic) bond motifs is 1. The van der Waals surface area contributed by atoms with Crippen LogP contribution in [-0.2, 0) is 6.42 Å². The van der Waals surface area contributed by atoms with E-state index in [9.17, 15) is 4.39 Å². The van der Waals surface area contributed by atoms with Gasteiger partial charge >= 0.3 is 0 Å². The molecule has 0 aliphatic carbocycles. The summed E-state index contributed by atoms with van der Waals surface area (Å²) in [5.41, 5.74) is 1.29. The molecule has 96 valence electrons. The Kier molecular flexibility index (Phi) is 3.28. The zero-order valence-corrected chi connectivity index (χ0v) is 10.3. The number of oxazole rings is 1. The van der Waals surface area contributed by atoms with Crippen LogP contribution in [0.4, 0.5) is 4.39 Å². The number of rotatable bonds is 3. The van der Waals surface area contributed by atoms with Crippen LogP contribution >= 0.6 is 0 Å². The summed E-state index contributed by atoms with van der Waals surface area (Å²) in [5.74, 6) is 1.16. The highest BCUT2D eigenvalue weighted by Gasteiger charge is 2.14. The molecule has 3 nitrogen and oxygen atoms in total. The Hall–Kier alpha value is -1.42. The maximum Gasteiger partial charge on any atom is 0.195 e. The fourth-order valence-electron chi connectivity index (χ4n) is 2.55. The minimum absolute atomic E-state index is 0.276. The summed E-state index contributed by atoms with van der Waals surface area (Å²) < 4.78 is 18.6. The van der Waals surface area contributed by atoms with E-state index in [0.29, 0.717) is 11.5 Å². The van der Waals surface area contributed by atoms with Gasteiger partial charge < -0.3 is 9.73 Å². The molecule has 0 saturated carbocycles. The summed E-state index contributed by atoms with van der Waals surface area (Å²) in [7, 11) is 0. The first-order valence-electron chi connectivity index (χ1n) is 6.57. The van der Waals surface area contributed by atoms with E-state index in [0.717, 1.165) is 37.3 Å². The van der Waals surface area contributed by atoms with Gasteiger partial charge in [0.1, 0.15) is 11.3 Å². The highest BCUT2D eigenvalue weighted by Crippen LogP contribution is 2.20. The molecular weight excluding hydrogens is 231 g/mol. The third-order valence-corrected chi connectivity index (χ3v) is 3.56. The molecule has 1 aromatic carbocycles. The summed E-state index contributed by atoms with van der Waals surface area (Å²) in [4.78, 5) is 4.38. The average Bonchev–Trinajstić information content (AvgIpc) is 2.79. The number of nitrogens with zero attached hydrogens (tertiary/aromatic N) is 1. The molecule has 0 amide bonds. The van der Waals surface area contributed by atoms with Gasteiger partial charge in [-0.1, -0.05) is 0 Å². The zero-order chi connectivity index (χ0) is 12.4. The Morgan fingerprint density at radius 2 is 2.39 bits per heavy atom. The topological polar surface area (TPSA) is 38.1 Å². The van der Waals surface area contributed by atoms with Gasteiger partial charge in [-0.3, -0.25) is 0 Å². The van der Waals surface area contributed by atoms with Gasteiger partial charge in [-0.25, -0.2) is 9.37 Å². The Bertz CT molecular complexity index is 532. The first-order chi connectivity index (χ1) is 8.81. The second-order valence-electron chi connectivity index (χ2n) is 4.97. The second-order valence-corrected chi connectivity index (χ2v) is 4.97. The third kappa shape index (κ3) is 2.53. The summed E-state index contributed by atoms with van der Waals surface area (Å²) in [5, 5.41) is 3.40. The smallest absolute Gasteiger partial charge is 0.195 e. The first-order valence-corrected chi connectivity index (χ1v) is 6.57. The molecule has 0 radical (unpaired) electrons. The molecular formula is C14H17FN2O. The number of benzene rings is 1. The zero-order valence-electron chi connectivity index (χ0n) is 10.3. The predicted octanol–water partition coefficient (Wildman–Crippen LogP) is 2.90. The molecule has 1 N–H and O–H groups in total. The number of nitrogens with one attached hydrogen (secondary N) is 1. The van der Waals surface area contributed by atoms with E-state index >= 15 is 0 Å². The fraction of sp³-hybridized carbons (Fsp3) is 0.500. The van der Waals surface area contributed by atoms with Gasteiger partial charge in [0.2, 0.25) is 0 Å². The Balaban J connectivity index is 1.67. The summed E-state index contributed by atoms with van der Waals surface area (Å²) in [6.07, 6.45) is 4.45. The van der Waals surface area contributed by atoms with E-state index in [1.54, 1.807) is 6.07 Å². The van der Waals surface area contributed by atoms with Crippen molar-refractivity contribution in [2.75, 3.05) is 13.1 Å². The van der Waals surface area contributed by atoms with Crippen molar-refractivity contribution in [3.05, 3.63) is 29.9 Å². The standard InChI is InChI=1S/C14H17FN2O/c15-11-4-5-12-13(8-11)18-14(17-12)6-3-10-2-1-7-16-9-10/h4-5,8,10,16H,1-3,6-7,9H2. The maximum atomic E-state index is 13.0. The molecule has 3 rings (SSSR count). The highest BCUT2D eigenvalue weighted by molar-refractivity contribution is 5.72. The van der Waals surface area contributed by atoms with E-state index < -0.39 is 0 Å². The Labute approximate surface area is 105 Å². The van der Waals surface area contributed by atoms with E-state index in [2.05, 4.69) is 10.3 Å². The molecule has 4 heteroatoms. The van der Waals surface area contributed by atoms with Crippen LogP contribution in [0, 0.1) is 11.7 Å². The minimum atomic E-state index is -0.276. The van der Waals surface area contributed by atoms with E-state index in [1.807, 2.05) is 0 Å². The van der Waals surface area contributed by atoms with Crippen LogP contribution < -0.4 is 5.32 Å². The number of aromatic nitrogens is 1. The molecule has 1 atom stereocenters. The number of aryl methyl sites for hydroxylation is 1. The lowest BCUT2D eigenvalue weighted by Crippen LogP contribution is -2.29. The summed E-state index contributed by atoms with van der Waals surface area (Å²) >= 11 is 0. The van der Waals surface area contributed by atoms with Crippen molar-refractivity contribution >= 4 is 11.1 Å². The van der Waals surface area contributed by atoms with Crippen LogP contribution in [0.3, 0.4) is 0 Å². The summed E-state index contributed by atoms with van der Waals surface area (Å²) in [6, 6.07) is 4.48. The lowest BCUT2D eigenvalue weighted by Gasteiger charge is -2.21. The number of hydrogen-bond donors (Lipinski definition) is 1. The average molecular weight is 248 g/mol. The lowest BCUT2D eigenvalue weighted by atomic mass is 9.95. The quantitative estimate of drug-likeness (QED) is 0.907. The third-order valence-electron chi connectivity index (χ3n) is 3.56. The van der Waals surface area contributed by atoms with Gasteiger partial charge in [0.25, 0.3) is 0 Å². The van der Waals surface area contributed by atoms with Crippen LogP contribution in [-0.4, -0.2) is 18.1 Å². The van der Waals surface area contributed by atoms with Gasteiger partial charge in [-0.15, -0.1) is 0 Å². The molecule has 1 aromatic heterocycles. The van der Waals surface area contributed by atoms with Crippen LogP contribution in [0.25, 0.3) is 11.1 Å². The van der Waals surface area contributed by atoms with Gasteiger partial charge in [0, 0.05) is 12.5 Å². The molecule has 2 aromatic rings. The van der Waals surface area contributed by atoms with Crippen LogP contribution in [0.5, 0.6) is 0 Å². The van der Waals surface area contributed by atoms with Crippen molar-refractivity contribution in [2.45, 2.75) is 25.7 Å². The maximum absolute atomic E-state index is 13.0. The highest BCUT2D eigenvalue weighted by atomic mass is 19.1. The van der Waals surface area contributed by atoms with Crippen LogP contribution in [0.1, 0.15) is 25.2 Å². The number of halogens is 1. The SMILES string of the molecule is Fc1ccc2nc(CCC3CCCNC3)oc2c1. The molecule has 1 aliphatic heterocycles. The molecule has 2 heterocycles. The number of piperidine rings is 1. The largest absolute Gasteiger partial charge is 0.441 e. The van der Waals surface area contributed by atoms with Crippen molar-refractivity contribution in [1.82, 2.24) is 10.3 Å². The molecule has 1 aliphatic rings. The van der Waals surface area contributed by atoms with Crippen molar-refractivity contribution in [3.63, 3.8) is 0 Å². The predicted molar refractivity (Wildman–Crippen MR) is 67.9 cm³/mol. The van der Waals surface area contributed by atoms with Gasteiger partial charge in [-0.05, 0) is 50.4 Å². The van der Waals surface area contributed by atoms with E-state index in [4.69, 9.17) is 4.42 Å². The summed E-state index contributed by atoms with van der Waals surface area (Å²) in [6.45, 7) is 2.23. The van der Waals surface area contributed by atoms with Crippen LogP contribution in [0.2, 0.25) is 0 Å². The Morgan fingerprint density at radius 3 is 3.22 bits per heavy atom. The number of hydrogen-bond acceptors (Lipinski definition) is 3. The molecule has 1 fully saturated rings. The van der Waals surface area contributed by atoms with Gasteiger partial charge in [0.05, 0.1) is 0 Å². The first kappa shape index (κ1) is 11.7. The van der Waals surface area contributed by atoms with E-state index in [-0.39, 0.29) is 5.82 Å². The molecule has 0 bridgehead atoms. The monoisotopic (exact) mass is 248 g/mol. The van der Waals surface area contributed by atoms with Crippen molar-refractivity contribution in [3.8, 4) is 0 Å². The van der Waals surface area contributed by atoms with Crippen LogP contribution in [0.15, 0.2) is 22.6 Å². The van der Waals surface area contributed by atoms with Crippen molar-refractivity contribution < 1.29 is 8.81 Å². The minimum Gasteiger partial charge on any atom is -0.441 e. The van der Waals surface area contributed by atoms with Gasteiger partial charge in [-0.2, -0.15) is 0 Å². The lowest BCUT2D eigenvalue weighted by molar-refractivity contribution is 0.347. The molecule has 1 saturated heterocycles. The molecule has 18 heavy (non-hydrogen) atoms. The van der Waals surface area contributed by atoms with Crippen molar-refractivity contribution in [2.24, 2.45) is 5.92 Å². The second kappa shape index (κ2) is 5.06. The molecule has 1 unspecified atom stereocenters. The fourth-order valence-corrected chi connectivity index (χ4v) is 2.55. The molecule has 0 spiro atoms. The van der Waals surface area contributed by atoms with Gasteiger partial charge in [0.15, 0.2) is 11.5 Å². The van der Waals surface area contributed by atoms with E-state index in [1.165, 1.54) is 25.0 Å². The normalized spacial score (nSPS) is 20.4. The van der Waals surface area contributed by atoms with Crippen molar-refractivity contribution in [1.29, 1.82) is 0 Å².